The Morgan fingerprint density at radius 3 is 2.38 bits per heavy atom. The van der Waals surface area contributed by atoms with Gasteiger partial charge in [0.2, 0.25) is 5.91 Å². The number of fused-ring (bicyclic) bond motifs is 1. The molecule has 0 saturated carbocycles. The molecule has 6 nitrogen and oxygen atoms in total. The summed E-state index contributed by atoms with van der Waals surface area (Å²) in [6.07, 6.45) is 4.29. The van der Waals surface area contributed by atoms with E-state index in [1.54, 1.807) is 14.2 Å². The first-order valence-electron chi connectivity index (χ1n) is 13.8. The number of hydrogen-bond acceptors (Lipinski definition) is 5. The summed E-state index contributed by atoms with van der Waals surface area (Å²) in [4.78, 5) is 30.0. The molecular weight excluding hydrogens is 488 g/mol. The minimum Gasteiger partial charge on any atom is -0.493 e. The van der Waals surface area contributed by atoms with E-state index in [1.165, 1.54) is 0 Å². The van der Waals surface area contributed by atoms with Crippen LogP contribution in [0.3, 0.4) is 0 Å². The molecule has 0 spiro atoms. The van der Waals surface area contributed by atoms with Gasteiger partial charge in [0.15, 0.2) is 17.3 Å². The van der Waals surface area contributed by atoms with Crippen molar-refractivity contribution < 1.29 is 19.1 Å². The Balaban J connectivity index is 1.69. The van der Waals surface area contributed by atoms with Gasteiger partial charge in [-0.2, -0.15) is 0 Å². The van der Waals surface area contributed by atoms with Crippen molar-refractivity contribution in [2.75, 3.05) is 24.4 Å². The predicted octanol–water partition coefficient (Wildman–Crippen LogP) is 7.18. The van der Waals surface area contributed by atoms with Crippen LogP contribution < -0.4 is 19.7 Å². The largest absolute Gasteiger partial charge is 0.493 e. The second-order valence-corrected chi connectivity index (χ2v) is 10.2. The molecule has 0 unspecified atom stereocenters. The Morgan fingerprint density at radius 2 is 1.64 bits per heavy atom. The van der Waals surface area contributed by atoms with E-state index in [2.05, 4.69) is 24.4 Å². The maximum atomic E-state index is 14.1. The van der Waals surface area contributed by atoms with E-state index in [0.29, 0.717) is 36.3 Å². The summed E-state index contributed by atoms with van der Waals surface area (Å²) < 4.78 is 11.1. The van der Waals surface area contributed by atoms with Crippen molar-refractivity contribution in [3.63, 3.8) is 0 Å². The average Bonchev–Trinajstić information content (AvgIpc) is 3.12. The smallest absolute Gasteiger partial charge is 0.227 e. The monoisotopic (exact) mass is 524 g/mol. The van der Waals surface area contributed by atoms with Gasteiger partial charge in [0.05, 0.1) is 31.6 Å². The first kappa shape index (κ1) is 26.5. The highest BCUT2D eigenvalue weighted by atomic mass is 16.5. The number of carbonyl (C=O) groups excluding carboxylic acids is 2. The van der Waals surface area contributed by atoms with Gasteiger partial charge >= 0.3 is 0 Å². The van der Waals surface area contributed by atoms with E-state index in [0.717, 1.165) is 47.5 Å². The van der Waals surface area contributed by atoms with Gasteiger partial charge in [0.25, 0.3) is 0 Å². The van der Waals surface area contributed by atoms with Gasteiger partial charge in [0, 0.05) is 24.1 Å². The first-order chi connectivity index (χ1) is 19.0. The molecule has 1 aliphatic heterocycles. The molecule has 2 aliphatic rings. The van der Waals surface area contributed by atoms with Gasteiger partial charge in [-0.1, -0.05) is 68.3 Å². The molecule has 39 heavy (non-hydrogen) atoms. The number of unbranched alkanes of at least 4 members (excludes halogenated alkanes) is 2. The van der Waals surface area contributed by atoms with E-state index >= 15 is 0 Å². The molecule has 1 amide bonds. The molecule has 1 heterocycles. The van der Waals surface area contributed by atoms with Crippen LogP contribution in [-0.2, 0) is 9.59 Å². The van der Waals surface area contributed by atoms with Gasteiger partial charge < -0.3 is 14.8 Å². The third kappa shape index (κ3) is 5.29. The standard InChI is InChI=1S/C33H36N2O4/c1-4-5-7-16-31(37)35-27-15-11-10-14-25(27)34-26-19-24(22-12-8-6-9-13-22)20-28(36)32(26)33(35)23-17-18-29(38-2)30(21-23)39-3/h6,8-15,17-18,21,24,33-34H,4-5,7,16,19-20H2,1-3H3/t24-,33+/m1/s1. The number of allylic oxidation sites excluding steroid dienone is 1. The maximum Gasteiger partial charge on any atom is 0.227 e. The lowest BCUT2D eigenvalue weighted by Gasteiger charge is -2.35. The molecule has 3 aromatic rings. The number of hydrogen-bond donors (Lipinski definition) is 1. The summed E-state index contributed by atoms with van der Waals surface area (Å²) in [5.41, 5.74) is 5.09. The van der Waals surface area contributed by atoms with Crippen LogP contribution in [0.1, 0.15) is 68.5 Å². The Bertz CT molecular complexity index is 1380. The van der Waals surface area contributed by atoms with Crippen LogP contribution in [0.25, 0.3) is 0 Å². The second kappa shape index (κ2) is 11.8. The number of nitrogens with one attached hydrogen (secondary N) is 1. The summed E-state index contributed by atoms with van der Waals surface area (Å²) in [7, 11) is 3.20. The molecule has 1 N–H and O–H groups in total. The Hall–Kier alpha value is -4.06. The highest BCUT2D eigenvalue weighted by Crippen LogP contribution is 2.48. The quantitative estimate of drug-likeness (QED) is 0.316. The van der Waals surface area contributed by atoms with Crippen molar-refractivity contribution in [2.45, 2.75) is 57.4 Å². The summed E-state index contributed by atoms with van der Waals surface area (Å²) in [5.74, 6) is 1.28. The minimum absolute atomic E-state index is 0.00391. The van der Waals surface area contributed by atoms with Gasteiger partial charge in [0.1, 0.15) is 0 Å². The topological polar surface area (TPSA) is 67.9 Å². The van der Waals surface area contributed by atoms with Gasteiger partial charge in [-0.25, -0.2) is 0 Å². The lowest BCUT2D eigenvalue weighted by atomic mass is 9.78. The number of benzene rings is 3. The van der Waals surface area contributed by atoms with Crippen LogP contribution in [0.15, 0.2) is 84.1 Å². The number of Topliss-reactive ketones (excluding diaryl/α,β-unsaturated/α-hetero) is 1. The van der Waals surface area contributed by atoms with Crippen LogP contribution in [0.4, 0.5) is 11.4 Å². The minimum atomic E-state index is -0.589. The normalized spacial score (nSPS) is 18.5. The number of amides is 1. The highest BCUT2D eigenvalue weighted by Gasteiger charge is 2.41. The van der Waals surface area contributed by atoms with E-state index < -0.39 is 6.04 Å². The Labute approximate surface area is 230 Å². The zero-order chi connectivity index (χ0) is 27.4. The molecule has 5 rings (SSSR count). The van der Waals surface area contributed by atoms with E-state index in [9.17, 15) is 9.59 Å². The first-order valence-corrected chi connectivity index (χ1v) is 13.8. The highest BCUT2D eigenvalue weighted by molar-refractivity contribution is 6.06. The summed E-state index contributed by atoms with van der Waals surface area (Å²) >= 11 is 0. The zero-order valence-electron chi connectivity index (χ0n) is 22.9. The summed E-state index contributed by atoms with van der Waals surface area (Å²) in [6, 6.07) is 23.1. The lowest BCUT2D eigenvalue weighted by molar-refractivity contribution is -0.119. The third-order valence-electron chi connectivity index (χ3n) is 7.75. The molecule has 0 saturated heterocycles. The van der Waals surface area contributed by atoms with Crippen molar-refractivity contribution in [3.8, 4) is 11.5 Å². The molecule has 0 aromatic heterocycles. The predicted molar refractivity (Wildman–Crippen MR) is 154 cm³/mol. The molecule has 0 fully saturated rings. The summed E-state index contributed by atoms with van der Waals surface area (Å²) in [5, 5.41) is 3.60. The van der Waals surface area contributed by atoms with Crippen molar-refractivity contribution >= 4 is 23.1 Å². The van der Waals surface area contributed by atoms with Crippen molar-refractivity contribution in [3.05, 3.63) is 95.2 Å². The van der Waals surface area contributed by atoms with Crippen LogP contribution in [-0.4, -0.2) is 25.9 Å². The van der Waals surface area contributed by atoms with E-state index in [4.69, 9.17) is 9.47 Å². The molecular formula is C33H36N2O4. The summed E-state index contributed by atoms with van der Waals surface area (Å²) in [6.45, 7) is 2.13. The van der Waals surface area contributed by atoms with Crippen molar-refractivity contribution in [1.29, 1.82) is 0 Å². The number of ketones is 1. The van der Waals surface area contributed by atoms with E-state index in [-0.39, 0.29) is 17.6 Å². The second-order valence-electron chi connectivity index (χ2n) is 10.2. The fraction of sp³-hybridized carbons (Fsp3) is 0.333. The molecule has 2 atom stereocenters. The third-order valence-corrected chi connectivity index (χ3v) is 7.75. The van der Waals surface area contributed by atoms with Crippen molar-refractivity contribution in [2.24, 2.45) is 0 Å². The number of para-hydroxylation sites is 2. The molecule has 0 radical (unpaired) electrons. The van der Waals surface area contributed by atoms with E-state index in [1.807, 2.05) is 65.6 Å². The number of rotatable bonds is 8. The van der Waals surface area contributed by atoms with Crippen LogP contribution in [0.2, 0.25) is 0 Å². The molecule has 202 valence electrons. The number of ether oxygens (including phenoxy) is 2. The molecule has 6 heteroatoms. The Kier molecular flexibility index (Phi) is 8.01. The van der Waals surface area contributed by atoms with Crippen LogP contribution in [0.5, 0.6) is 11.5 Å². The molecule has 3 aromatic carbocycles. The van der Waals surface area contributed by atoms with Crippen LogP contribution >= 0.6 is 0 Å². The maximum absolute atomic E-state index is 14.1. The number of methoxy groups -OCH3 is 2. The van der Waals surface area contributed by atoms with Crippen molar-refractivity contribution in [1.82, 2.24) is 0 Å². The zero-order valence-corrected chi connectivity index (χ0v) is 22.9. The molecule has 0 bridgehead atoms. The Morgan fingerprint density at radius 1 is 0.897 bits per heavy atom. The number of carbonyl (C=O) groups is 2. The fourth-order valence-corrected chi connectivity index (χ4v) is 5.81. The van der Waals surface area contributed by atoms with Crippen LogP contribution in [0, 0.1) is 0 Å². The molecule has 1 aliphatic carbocycles. The van der Waals surface area contributed by atoms with Gasteiger partial charge in [-0.3, -0.25) is 14.5 Å². The average molecular weight is 525 g/mol. The van der Waals surface area contributed by atoms with Gasteiger partial charge in [-0.15, -0.1) is 0 Å². The lowest BCUT2D eigenvalue weighted by Crippen LogP contribution is -2.38. The fourth-order valence-electron chi connectivity index (χ4n) is 5.81. The number of anilines is 2. The number of nitrogens with zero attached hydrogens (tertiary/aromatic N) is 1. The van der Waals surface area contributed by atoms with Gasteiger partial charge in [-0.05, 0) is 54.2 Å². The SMILES string of the molecule is CCCCCC(=O)N1c2ccccc2NC2=C(C(=O)C[C@H](c3ccccc3)C2)[C@@H]1c1ccc(OC)c(OC)c1.